The van der Waals surface area contributed by atoms with Crippen LogP contribution in [0.25, 0.3) is 0 Å². The van der Waals surface area contributed by atoms with E-state index in [-0.39, 0.29) is 6.09 Å². The van der Waals surface area contributed by atoms with Crippen molar-refractivity contribution in [1.29, 1.82) is 0 Å². The fraction of sp³-hybridized carbons (Fsp3) is 0.889. The molecule has 0 aromatic rings. The molecule has 1 amide bonds. The van der Waals surface area contributed by atoms with E-state index < -0.39 is 5.60 Å². The number of amides is 1. The second kappa shape index (κ2) is 11.2. The molecule has 0 spiro atoms. The van der Waals surface area contributed by atoms with Crippen LogP contribution in [0.3, 0.4) is 0 Å². The minimum absolute atomic E-state index is 0.220. The minimum Gasteiger partial charge on any atom is -0.444 e. The van der Waals surface area contributed by atoms with Gasteiger partial charge in [0.25, 0.3) is 0 Å². The molecule has 7 heteroatoms. The van der Waals surface area contributed by atoms with Gasteiger partial charge in [-0.15, -0.1) is 0 Å². The molecule has 1 aliphatic rings. The molecule has 1 unspecified atom stereocenters. The van der Waals surface area contributed by atoms with Gasteiger partial charge in [0.1, 0.15) is 5.60 Å². The quantitative estimate of drug-likeness (QED) is 0.416. The van der Waals surface area contributed by atoms with Gasteiger partial charge in [0.2, 0.25) is 0 Å². The molecule has 0 saturated carbocycles. The van der Waals surface area contributed by atoms with Crippen molar-refractivity contribution in [3.63, 3.8) is 0 Å². The summed E-state index contributed by atoms with van der Waals surface area (Å²) in [5.41, 5.74) is -0.453. The average Bonchev–Trinajstić information content (AvgIpc) is 2.55. The highest BCUT2D eigenvalue weighted by Crippen LogP contribution is 2.19. The van der Waals surface area contributed by atoms with E-state index in [9.17, 15) is 4.79 Å². The summed E-state index contributed by atoms with van der Waals surface area (Å²) in [6.07, 6.45) is 1.86. The number of nitrogens with zero attached hydrogens (tertiary/aromatic N) is 2. The molecule has 25 heavy (non-hydrogen) atoms. The van der Waals surface area contributed by atoms with Gasteiger partial charge in [-0.25, -0.2) is 4.79 Å². The smallest absolute Gasteiger partial charge is 0.410 e. The molecule has 0 radical (unpaired) electrons. The number of hydrogen-bond acceptors (Lipinski definition) is 4. The number of rotatable bonds is 7. The maximum atomic E-state index is 12.2. The molecule has 146 valence electrons. The predicted molar refractivity (Wildman–Crippen MR) is 101 cm³/mol. The van der Waals surface area contributed by atoms with E-state index in [2.05, 4.69) is 15.6 Å². The fourth-order valence-corrected chi connectivity index (χ4v) is 2.65. The van der Waals surface area contributed by atoms with Crippen molar-refractivity contribution >= 4 is 12.1 Å². The van der Waals surface area contributed by atoms with Crippen LogP contribution in [0.15, 0.2) is 4.99 Å². The third kappa shape index (κ3) is 9.53. The topological polar surface area (TPSA) is 75.2 Å². The summed E-state index contributed by atoms with van der Waals surface area (Å²) in [6, 6.07) is 0. The Bertz CT molecular complexity index is 421. The Morgan fingerprint density at radius 3 is 2.68 bits per heavy atom. The Hall–Kier alpha value is -1.50. The molecule has 0 aromatic carbocycles. The number of ether oxygens (including phenoxy) is 2. The number of carbonyl (C=O) groups is 1. The monoisotopic (exact) mass is 356 g/mol. The highest BCUT2D eigenvalue weighted by atomic mass is 16.6. The summed E-state index contributed by atoms with van der Waals surface area (Å²) < 4.78 is 10.8. The maximum Gasteiger partial charge on any atom is 0.410 e. The largest absolute Gasteiger partial charge is 0.444 e. The first-order chi connectivity index (χ1) is 11.9. The molecule has 1 saturated heterocycles. The van der Waals surface area contributed by atoms with Crippen LogP contribution < -0.4 is 10.6 Å². The van der Waals surface area contributed by atoms with Gasteiger partial charge >= 0.3 is 6.09 Å². The molecular weight excluding hydrogens is 320 g/mol. The number of aliphatic imine (C=N–C) groups is 1. The number of carbonyl (C=O) groups excluding carboxylic acids is 1. The van der Waals surface area contributed by atoms with E-state index >= 15 is 0 Å². The van der Waals surface area contributed by atoms with Crippen molar-refractivity contribution in [3.05, 3.63) is 0 Å². The average molecular weight is 357 g/mol. The number of likely N-dealkylation sites (tertiary alicyclic amines) is 1. The van der Waals surface area contributed by atoms with Crippen molar-refractivity contribution in [2.75, 3.05) is 45.9 Å². The third-order valence-corrected chi connectivity index (χ3v) is 3.77. The molecule has 1 rings (SSSR count). The van der Waals surface area contributed by atoms with Gasteiger partial charge in [0, 0.05) is 39.3 Å². The second-order valence-corrected chi connectivity index (χ2v) is 7.28. The summed E-state index contributed by atoms with van der Waals surface area (Å²) in [7, 11) is 0. The van der Waals surface area contributed by atoms with Crippen LogP contribution in [0.5, 0.6) is 0 Å². The Labute approximate surface area is 152 Å². The van der Waals surface area contributed by atoms with Gasteiger partial charge in [0.05, 0.1) is 6.61 Å². The van der Waals surface area contributed by atoms with Gasteiger partial charge in [-0.05, 0) is 53.4 Å². The highest BCUT2D eigenvalue weighted by molar-refractivity contribution is 5.79. The van der Waals surface area contributed by atoms with Crippen LogP contribution in [0.4, 0.5) is 4.79 Å². The molecular formula is C18H36N4O3. The minimum atomic E-state index is -0.453. The molecule has 1 heterocycles. The van der Waals surface area contributed by atoms with Gasteiger partial charge in [-0.2, -0.15) is 0 Å². The van der Waals surface area contributed by atoms with Crippen molar-refractivity contribution in [3.8, 4) is 0 Å². The predicted octanol–water partition coefficient (Wildman–Crippen LogP) is 2.23. The molecule has 1 fully saturated rings. The summed E-state index contributed by atoms with van der Waals surface area (Å²) >= 11 is 0. The first-order valence-corrected chi connectivity index (χ1v) is 9.43. The van der Waals surface area contributed by atoms with Crippen LogP contribution in [0.2, 0.25) is 0 Å². The van der Waals surface area contributed by atoms with Crippen LogP contribution >= 0.6 is 0 Å². The Morgan fingerprint density at radius 2 is 2.04 bits per heavy atom. The van der Waals surface area contributed by atoms with Crippen molar-refractivity contribution < 1.29 is 14.3 Å². The molecule has 7 nitrogen and oxygen atoms in total. The standard InChI is InChI=1S/C18H36N4O3/c1-6-19-16(20-10-12-24-7-2)21-13-15-9-8-11-22(14-15)17(23)25-18(3,4)5/h15H,6-14H2,1-5H3,(H2,19,20,21). The van der Waals surface area contributed by atoms with E-state index in [0.29, 0.717) is 25.6 Å². The molecule has 0 bridgehead atoms. The second-order valence-electron chi connectivity index (χ2n) is 7.28. The number of hydrogen-bond donors (Lipinski definition) is 2. The van der Waals surface area contributed by atoms with Gasteiger partial charge in [0.15, 0.2) is 5.96 Å². The van der Waals surface area contributed by atoms with E-state index in [1.165, 1.54) is 0 Å². The number of guanidine groups is 1. The van der Waals surface area contributed by atoms with Crippen molar-refractivity contribution in [2.24, 2.45) is 10.9 Å². The summed E-state index contributed by atoms with van der Waals surface area (Å²) in [4.78, 5) is 18.7. The molecule has 1 atom stereocenters. The highest BCUT2D eigenvalue weighted by Gasteiger charge is 2.27. The molecule has 0 aromatic heterocycles. The van der Waals surface area contributed by atoms with Crippen molar-refractivity contribution in [2.45, 2.75) is 53.1 Å². The van der Waals surface area contributed by atoms with Crippen LogP contribution in [-0.4, -0.2) is 68.5 Å². The zero-order valence-electron chi connectivity index (χ0n) is 16.6. The fourth-order valence-electron chi connectivity index (χ4n) is 2.65. The Balaban J connectivity index is 2.48. The molecule has 1 aliphatic heterocycles. The maximum absolute atomic E-state index is 12.2. The lowest BCUT2D eigenvalue weighted by atomic mass is 9.98. The summed E-state index contributed by atoms with van der Waals surface area (Å²) in [5.74, 6) is 1.17. The molecule has 0 aliphatic carbocycles. The lowest BCUT2D eigenvalue weighted by Gasteiger charge is -2.33. The lowest BCUT2D eigenvalue weighted by molar-refractivity contribution is 0.0170. The zero-order valence-corrected chi connectivity index (χ0v) is 16.6. The van der Waals surface area contributed by atoms with E-state index in [0.717, 1.165) is 45.0 Å². The van der Waals surface area contributed by atoms with E-state index in [1.54, 1.807) is 0 Å². The van der Waals surface area contributed by atoms with Crippen molar-refractivity contribution in [1.82, 2.24) is 15.5 Å². The van der Waals surface area contributed by atoms with Crippen LogP contribution in [0, 0.1) is 5.92 Å². The van der Waals surface area contributed by atoms with Gasteiger partial charge in [-0.1, -0.05) is 0 Å². The number of piperidine rings is 1. The summed E-state index contributed by atoms with van der Waals surface area (Å²) in [5, 5.41) is 6.51. The molecule has 2 N–H and O–H groups in total. The van der Waals surface area contributed by atoms with E-state index in [1.807, 2.05) is 39.5 Å². The van der Waals surface area contributed by atoms with Gasteiger partial charge in [-0.3, -0.25) is 4.99 Å². The lowest BCUT2D eigenvalue weighted by Crippen LogP contribution is -2.44. The van der Waals surface area contributed by atoms with Crippen LogP contribution in [-0.2, 0) is 9.47 Å². The van der Waals surface area contributed by atoms with Crippen LogP contribution in [0.1, 0.15) is 47.5 Å². The van der Waals surface area contributed by atoms with E-state index in [4.69, 9.17) is 9.47 Å². The zero-order chi connectivity index (χ0) is 18.7. The number of nitrogens with one attached hydrogen (secondary N) is 2. The first kappa shape index (κ1) is 21.5. The third-order valence-electron chi connectivity index (χ3n) is 3.77. The van der Waals surface area contributed by atoms with Gasteiger partial charge < -0.3 is 25.0 Å². The Kier molecular flexibility index (Phi) is 9.63. The normalized spacial score (nSPS) is 18.8. The Morgan fingerprint density at radius 1 is 1.28 bits per heavy atom. The first-order valence-electron chi connectivity index (χ1n) is 9.43. The SMILES string of the molecule is CCNC(=NCC1CCCN(C(=O)OC(C)(C)C)C1)NCCOCC. The summed E-state index contributed by atoms with van der Waals surface area (Å²) in [6.45, 7) is 14.8.